The topological polar surface area (TPSA) is 108 Å². The van der Waals surface area contributed by atoms with E-state index < -0.39 is 26.6 Å². The predicted octanol–water partition coefficient (Wildman–Crippen LogP) is 22.7. The summed E-state index contributed by atoms with van der Waals surface area (Å²) >= 11 is 0. The maximum Gasteiger partial charge on any atom is 0.268 e. The molecule has 3 atom stereocenters. The number of hydrogen-bond acceptors (Lipinski definition) is 6. The highest BCUT2D eigenvalue weighted by atomic mass is 31.2. The Hall–Kier alpha value is -2.06. The molecule has 0 aliphatic heterocycles. The van der Waals surface area contributed by atoms with Gasteiger partial charge in [-0.2, -0.15) is 0 Å². The van der Waals surface area contributed by atoms with E-state index in [1.165, 1.54) is 270 Å². The quantitative estimate of drug-likeness (QED) is 0.0272. The molecule has 492 valence electrons. The SMILES string of the molecule is CCCCCCC/C=C\C/C=C\C/C=C\CCCCCCCCCCCCCCCCCCCCCCCCC(=O)NC(COP(=O)([O-])OCC[N+](C)(C)C)C(O)/C=C/CC/C=C/CC/C=C/CCCCCCCCCCCCCCCCC. The number of quaternary nitrogens is 1. The van der Waals surface area contributed by atoms with E-state index in [1.54, 1.807) is 6.08 Å². The third-order valence-electron chi connectivity index (χ3n) is 16.4. The van der Waals surface area contributed by atoms with Crippen LogP contribution in [-0.4, -0.2) is 68.5 Å². The fraction of sp³-hybridized carbons (Fsp3) is 0.827. The minimum Gasteiger partial charge on any atom is -0.756 e. The largest absolute Gasteiger partial charge is 0.756 e. The van der Waals surface area contributed by atoms with Crippen LogP contribution in [0.3, 0.4) is 0 Å². The number of nitrogens with zero attached hydrogens (tertiary/aromatic N) is 1. The second kappa shape index (κ2) is 65.4. The second-order valence-corrected chi connectivity index (χ2v) is 27.3. The number of carbonyl (C=O) groups excluding carboxylic acids is 1. The lowest BCUT2D eigenvalue weighted by Crippen LogP contribution is -2.45. The molecular formula is C75H141N2O6P. The summed E-state index contributed by atoms with van der Waals surface area (Å²) in [4.78, 5) is 25.6. The van der Waals surface area contributed by atoms with Crippen molar-refractivity contribution in [1.82, 2.24) is 5.32 Å². The van der Waals surface area contributed by atoms with E-state index in [0.717, 1.165) is 57.8 Å². The van der Waals surface area contributed by atoms with E-state index in [0.29, 0.717) is 17.4 Å². The smallest absolute Gasteiger partial charge is 0.268 e. The normalized spacial score (nSPS) is 14.0. The van der Waals surface area contributed by atoms with Gasteiger partial charge in [0.1, 0.15) is 13.2 Å². The minimum absolute atomic E-state index is 0.00933. The van der Waals surface area contributed by atoms with E-state index in [4.69, 9.17) is 9.05 Å². The number of phosphoric ester groups is 1. The third kappa shape index (κ3) is 67.4. The molecule has 0 aliphatic carbocycles. The number of allylic oxidation sites excluding steroid dienone is 11. The van der Waals surface area contributed by atoms with Crippen molar-refractivity contribution in [2.24, 2.45) is 0 Å². The Kier molecular flexibility index (Phi) is 63.8. The maximum absolute atomic E-state index is 13.0. The van der Waals surface area contributed by atoms with Crippen LogP contribution in [0.5, 0.6) is 0 Å². The van der Waals surface area contributed by atoms with Gasteiger partial charge in [0.15, 0.2) is 0 Å². The molecule has 1 amide bonds. The Bertz CT molecular complexity index is 1600. The number of carbonyl (C=O) groups is 1. The molecule has 0 fully saturated rings. The maximum atomic E-state index is 13.0. The first-order chi connectivity index (χ1) is 41.0. The van der Waals surface area contributed by atoms with Crippen LogP contribution in [0.4, 0.5) is 0 Å². The van der Waals surface area contributed by atoms with Crippen molar-refractivity contribution in [1.29, 1.82) is 0 Å². The second-order valence-electron chi connectivity index (χ2n) is 25.9. The fourth-order valence-corrected chi connectivity index (χ4v) is 11.4. The molecule has 0 saturated carbocycles. The molecule has 2 N–H and O–H groups in total. The summed E-state index contributed by atoms with van der Waals surface area (Å²) in [6, 6.07) is -0.913. The van der Waals surface area contributed by atoms with Crippen LogP contribution >= 0.6 is 7.82 Å². The number of unbranched alkanes of at least 4 members (excludes halogenated alkanes) is 44. The molecular weight excluding hydrogens is 1060 g/mol. The lowest BCUT2D eigenvalue weighted by atomic mass is 10.0. The first kappa shape index (κ1) is 81.9. The number of amides is 1. The molecule has 8 nitrogen and oxygen atoms in total. The zero-order chi connectivity index (χ0) is 61.2. The lowest BCUT2D eigenvalue weighted by Gasteiger charge is -2.29. The van der Waals surface area contributed by atoms with Gasteiger partial charge in [0.2, 0.25) is 5.91 Å². The highest BCUT2D eigenvalue weighted by Gasteiger charge is 2.23. The summed E-state index contributed by atoms with van der Waals surface area (Å²) in [5, 5.41) is 13.9. The van der Waals surface area contributed by atoms with Gasteiger partial charge in [0, 0.05) is 6.42 Å². The molecule has 0 aromatic rings. The first-order valence-corrected chi connectivity index (χ1v) is 37.8. The molecule has 0 rings (SSSR count). The van der Waals surface area contributed by atoms with Crippen molar-refractivity contribution in [3.8, 4) is 0 Å². The zero-order valence-electron chi connectivity index (χ0n) is 56.4. The Morgan fingerprint density at radius 2 is 0.702 bits per heavy atom. The van der Waals surface area contributed by atoms with Gasteiger partial charge in [-0.1, -0.05) is 331 Å². The number of hydrogen-bond donors (Lipinski definition) is 2. The first-order valence-electron chi connectivity index (χ1n) is 36.3. The van der Waals surface area contributed by atoms with Crippen LogP contribution < -0.4 is 10.2 Å². The monoisotopic (exact) mass is 1200 g/mol. The molecule has 0 aromatic carbocycles. The number of rotatable bonds is 67. The van der Waals surface area contributed by atoms with E-state index in [1.807, 2.05) is 27.2 Å². The molecule has 0 heterocycles. The van der Waals surface area contributed by atoms with Crippen LogP contribution in [0.15, 0.2) is 72.9 Å². The lowest BCUT2D eigenvalue weighted by molar-refractivity contribution is -0.870. The third-order valence-corrected chi connectivity index (χ3v) is 17.3. The molecule has 0 aromatic heterocycles. The van der Waals surface area contributed by atoms with Gasteiger partial charge >= 0.3 is 0 Å². The van der Waals surface area contributed by atoms with Crippen molar-refractivity contribution < 1.29 is 32.9 Å². The molecule has 0 aliphatic rings. The average molecular weight is 1200 g/mol. The van der Waals surface area contributed by atoms with Gasteiger partial charge < -0.3 is 28.8 Å². The van der Waals surface area contributed by atoms with Crippen LogP contribution in [0.25, 0.3) is 0 Å². The van der Waals surface area contributed by atoms with Crippen LogP contribution in [-0.2, 0) is 18.4 Å². The van der Waals surface area contributed by atoms with Gasteiger partial charge in [-0.05, 0) is 83.5 Å². The highest BCUT2D eigenvalue weighted by molar-refractivity contribution is 7.45. The number of aliphatic hydroxyl groups excluding tert-OH is 1. The molecule has 0 bridgehead atoms. The highest BCUT2D eigenvalue weighted by Crippen LogP contribution is 2.38. The molecule has 84 heavy (non-hydrogen) atoms. The predicted molar refractivity (Wildman–Crippen MR) is 367 cm³/mol. The van der Waals surface area contributed by atoms with Crippen molar-refractivity contribution in [2.75, 3.05) is 40.9 Å². The summed E-state index contributed by atoms with van der Waals surface area (Å²) in [5.74, 6) is -0.206. The van der Waals surface area contributed by atoms with Crippen LogP contribution in [0, 0.1) is 0 Å². The Balaban J connectivity index is 4.05. The Morgan fingerprint density at radius 1 is 0.417 bits per heavy atom. The van der Waals surface area contributed by atoms with E-state index in [-0.39, 0.29) is 12.5 Å². The summed E-state index contributed by atoms with van der Waals surface area (Å²) < 4.78 is 23.4. The fourth-order valence-electron chi connectivity index (χ4n) is 10.7. The Labute approximate surface area is 523 Å². The van der Waals surface area contributed by atoms with Crippen LogP contribution in [0.2, 0.25) is 0 Å². The number of nitrogens with one attached hydrogen (secondary N) is 1. The number of likely N-dealkylation sites (N-methyl/N-ethyl adjacent to an activating group) is 1. The summed E-state index contributed by atoms with van der Waals surface area (Å²) in [6.45, 7) is 4.65. The summed E-state index contributed by atoms with van der Waals surface area (Å²) in [7, 11) is 1.24. The molecule has 3 unspecified atom stereocenters. The molecule has 0 radical (unpaired) electrons. The van der Waals surface area contributed by atoms with Gasteiger partial charge in [-0.3, -0.25) is 9.36 Å². The van der Waals surface area contributed by atoms with Crippen molar-refractivity contribution >= 4 is 13.7 Å². The number of aliphatic hydroxyl groups is 1. The van der Waals surface area contributed by atoms with Gasteiger partial charge in [0.05, 0.1) is 39.9 Å². The Morgan fingerprint density at radius 3 is 1.05 bits per heavy atom. The van der Waals surface area contributed by atoms with Crippen LogP contribution in [0.1, 0.15) is 348 Å². The van der Waals surface area contributed by atoms with Crippen molar-refractivity contribution in [3.05, 3.63) is 72.9 Å². The summed E-state index contributed by atoms with van der Waals surface area (Å²) in [5.41, 5.74) is 0. The zero-order valence-corrected chi connectivity index (χ0v) is 57.3. The standard InChI is InChI=1S/C75H141N2O6P/c1-6-8-10-12-14-16-18-20-22-24-26-28-30-32-33-34-35-36-37-38-39-40-41-42-43-45-47-49-51-53-55-57-59-61-63-65-67-69-75(79)76-73(72-83-84(80,81)82-71-70-77(3,4)5)74(78)68-66-64-62-60-58-56-54-52-50-48-46-44-31-29-27-25-23-21-19-17-15-13-11-9-7-2/h18,20,24,26,30,32,50,52,58,60,66,68,73-74,78H,6-17,19,21-23,25,27-29,31,33-49,51,53-57,59,61-65,67,69-72H2,1-5H3,(H-,76,79,80,81)/b20-18-,26-24-,32-30-,52-50+,60-58+,68-66+. The van der Waals surface area contributed by atoms with Crippen molar-refractivity contribution in [2.45, 2.75) is 360 Å². The van der Waals surface area contributed by atoms with Crippen molar-refractivity contribution in [3.63, 3.8) is 0 Å². The molecule has 0 spiro atoms. The van der Waals surface area contributed by atoms with E-state index in [9.17, 15) is 19.4 Å². The molecule has 0 saturated heterocycles. The number of phosphoric acid groups is 1. The minimum atomic E-state index is -4.62. The molecule has 9 heteroatoms. The van der Waals surface area contributed by atoms with E-state index in [2.05, 4.69) is 79.9 Å². The van der Waals surface area contributed by atoms with Gasteiger partial charge in [-0.15, -0.1) is 0 Å². The average Bonchev–Trinajstić information content (AvgIpc) is 3.56. The van der Waals surface area contributed by atoms with Gasteiger partial charge in [0.25, 0.3) is 7.82 Å². The van der Waals surface area contributed by atoms with Gasteiger partial charge in [-0.25, -0.2) is 0 Å². The van der Waals surface area contributed by atoms with E-state index >= 15 is 0 Å². The summed E-state index contributed by atoms with van der Waals surface area (Å²) in [6.07, 6.45) is 91.9.